The van der Waals surface area contributed by atoms with Crippen molar-refractivity contribution in [2.75, 3.05) is 11.9 Å². The Morgan fingerprint density at radius 3 is 3.06 bits per heavy atom. The number of hydrogen-bond acceptors (Lipinski definition) is 3. The van der Waals surface area contributed by atoms with E-state index in [1.807, 2.05) is 0 Å². The van der Waals surface area contributed by atoms with Gasteiger partial charge in [-0.25, -0.2) is 9.37 Å². The molecule has 2 rings (SSSR count). The van der Waals surface area contributed by atoms with E-state index in [1.54, 1.807) is 17.4 Å². The molecule has 2 nitrogen and oxygen atoms in total. The highest BCUT2D eigenvalue weighted by Gasteiger charge is 2.03. The maximum atomic E-state index is 12.9. The topological polar surface area (TPSA) is 24.9 Å². The Kier molecular flexibility index (Phi) is 3.72. The van der Waals surface area contributed by atoms with Gasteiger partial charge in [0.1, 0.15) is 5.82 Å². The molecule has 0 aliphatic rings. The predicted molar refractivity (Wildman–Crippen MR) is 67.6 cm³/mol. The Balaban J connectivity index is 2.02. The van der Waals surface area contributed by atoms with E-state index in [9.17, 15) is 4.39 Å². The first-order valence-corrected chi connectivity index (χ1v) is 6.41. The lowest BCUT2D eigenvalue weighted by Crippen LogP contribution is -2.00. The van der Waals surface area contributed by atoms with Gasteiger partial charge in [-0.1, -0.05) is 31.1 Å². The van der Waals surface area contributed by atoms with E-state index >= 15 is 0 Å². The number of nitrogens with one attached hydrogen (secondary N) is 1. The fourth-order valence-electron chi connectivity index (χ4n) is 1.55. The summed E-state index contributed by atoms with van der Waals surface area (Å²) in [4.78, 5) is 4.34. The van der Waals surface area contributed by atoms with Gasteiger partial charge in [-0.15, -0.1) is 0 Å². The third kappa shape index (κ3) is 2.70. The van der Waals surface area contributed by atoms with E-state index < -0.39 is 0 Å². The molecule has 0 atom stereocenters. The number of unbranched alkanes of at least 4 members (excludes halogenated alkanes) is 2. The van der Waals surface area contributed by atoms with Crippen LogP contribution in [-0.2, 0) is 0 Å². The minimum absolute atomic E-state index is 0.227. The molecule has 0 aliphatic carbocycles. The standard InChI is InChI=1S/C12H15FN2S/c1-2-3-4-7-14-12-15-10-8-9(13)5-6-11(10)16-12/h5-6,8H,2-4,7H2,1H3,(H,14,15). The van der Waals surface area contributed by atoms with Gasteiger partial charge >= 0.3 is 0 Å². The van der Waals surface area contributed by atoms with Crippen LogP contribution < -0.4 is 5.32 Å². The Morgan fingerprint density at radius 1 is 1.38 bits per heavy atom. The summed E-state index contributed by atoms with van der Waals surface area (Å²) < 4.78 is 14.0. The number of aromatic nitrogens is 1. The van der Waals surface area contributed by atoms with Gasteiger partial charge in [-0.2, -0.15) is 0 Å². The molecule has 0 bridgehead atoms. The first-order chi connectivity index (χ1) is 7.79. The predicted octanol–water partition coefficient (Wildman–Crippen LogP) is 4.04. The molecule has 0 saturated heterocycles. The Hall–Kier alpha value is -1.16. The average molecular weight is 238 g/mol. The van der Waals surface area contributed by atoms with Crippen LogP contribution in [0.2, 0.25) is 0 Å². The third-order valence-corrected chi connectivity index (χ3v) is 3.40. The minimum Gasteiger partial charge on any atom is -0.361 e. The van der Waals surface area contributed by atoms with Crippen LogP contribution in [0.25, 0.3) is 10.2 Å². The smallest absolute Gasteiger partial charge is 0.183 e. The summed E-state index contributed by atoms with van der Waals surface area (Å²) in [6, 6.07) is 4.73. The second kappa shape index (κ2) is 5.25. The highest BCUT2D eigenvalue weighted by Crippen LogP contribution is 2.26. The summed E-state index contributed by atoms with van der Waals surface area (Å²) in [6.07, 6.45) is 3.60. The molecule has 0 saturated carbocycles. The largest absolute Gasteiger partial charge is 0.361 e. The number of thiazole rings is 1. The van der Waals surface area contributed by atoms with Crippen LogP contribution in [0.4, 0.5) is 9.52 Å². The fraction of sp³-hybridized carbons (Fsp3) is 0.417. The maximum absolute atomic E-state index is 12.9. The van der Waals surface area contributed by atoms with Crippen molar-refractivity contribution in [3.05, 3.63) is 24.0 Å². The highest BCUT2D eigenvalue weighted by molar-refractivity contribution is 7.22. The highest BCUT2D eigenvalue weighted by atomic mass is 32.1. The van der Waals surface area contributed by atoms with E-state index in [-0.39, 0.29) is 5.82 Å². The Morgan fingerprint density at radius 2 is 2.25 bits per heavy atom. The number of nitrogens with zero attached hydrogens (tertiary/aromatic N) is 1. The van der Waals surface area contributed by atoms with Gasteiger partial charge in [-0.05, 0) is 18.6 Å². The molecule has 2 aromatic rings. The first kappa shape index (κ1) is 11.3. The van der Waals surface area contributed by atoms with Gasteiger partial charge in [-0.3, -0.25) is 0 Å². The molecule has 86 valence electrons. The second-order valence-electron chi connectivity index (χ2n) is 3.76. The van der Waals surface area contributed by atoms with Crippen LogP contribution in [0.15, 0.2) is 18.2 Å². The van der Waals surface area contributed by atoms with Crippen molar-refractivity contribution in [1.29, 1.82) is 0 Å². The van der Waals surface area contributed by atoms with Crippen LogP contribution in [0, 0.1) is 5.82 Å². The summed E-state index contributed by atoms with van der Waals surface area (Å²) in [5.74, 6) is -0.227. The lowest BCUT2D eigenvalue weighted by Gasteiger charge is -1.99. The number of fused-ring (bicyclic) bond motifs is 1. The molecule has 4 heteroatoms. The van der Waals surface area contributed by atoms with Gasteiger partial charge < -0.3 is 5.32 Å². The van der Waals surface area contributed by atoms with Crippen LogP contribution in [-0.4, -0.2) is 11.5 Å². The van der Waals surface area contributed by atoms with E-state index in [4.69, 9.17) is 0 Å². The maximum Gasteiger partial charge on any atom is 0.183 e. The molecular weight excluding hydrogens is 223 g/mol. The normalized spacial score (nSPS) is 10.9. The molecule has 16 heavy (non-hydrogen) atoms. The van der Waals surface area contributed by atoms with Crippen molar-refractivity contribution in [2.24, 2.45) is 0 Å². The summed E-state index contributed by atoms with van der Waals surface area (Å²) in [7, 11) is 0. The van der Waals surface area contributed by atoms with Crippen LogP contribution in [0.1, 0.15) is 26.2 Å². The Bertz CT molecular complexity index is 467. The van der Waals surface area contributed by atoms with Crippen molar-refractivity contribution in [3.63, 3.8) is 0 Å². The SMILES string of the molecule is CCCCCNc1nc2cc(F)ccc2s1. The van der Waals surface area contributed by atoms with E-state index in [2.05, 4.69) is 17.2 Å². The molecule has 0 unspecified atom stereocenters. The lowest BCUT2D eigenvalue weighted by atomic mass is 10.2. The molecule has 0 amide bonds. The molecule has 1 aromatic carbocycles. The number of benzene rings is 1. The van der Waals surface area contributed by atoms with Gasteiger partial charge in [0.15, 0.2) is 5.13 Å². The summed E-state index contributed by atoms with van der Waals surface area (Å²) in [6.45, 7) is 3.12. The van der Waals surface area contributed by atoms with Crippen LogP contribution >= 0.6 is 11.3 Å². The zero-order chi connectivity index (χ0) is 11.4. The van der Waals surface area contributed by atoms with Crippen molar-refractivity contribution < 1.29 is 4.39 Å². The van der Waals surface area contributed by atoms with Crippen LogP contribution in [0.3, 0.4) is 0 Å². The van der Waals surface area contributed by atoms with Gasteiger partial charge in [0.05, 0.1) is 10.2 Å². The van der Waals surface area contributed by atoms with Crippen molar-refractivity contribution >= 4 is 26.7 Å². The molecule has 0 fully saturated rings. The van der Waals surface area contributed by atoms with E-state index in [0.29, 0.717) is 0 Å². The second-order valence-corrected chi connectivity index (χ2v) is 4.80. The zero-order valence-electron chi connectivity index (χ0n) is 9.29. The molecular formula is C12H15FN2S. The van der Waals surface area contributed by atoms with E-state index in [1.165, 1.54) is 25.0 Å². The van der Waals surface area contributed by atoms with Gasteiger partial charge in [0, 0.05) is 12.6 Å². The van der Waals surface area contributed by atoms with Gasteiger partial charge in [0.25, 0.3) is 0 Å². The monoisotopic (exact) mass is 238 g/mol. The first-order valence-electron chi connectivity index (χ1n) is 5.59. The number of anilines is 1. The quantitative estimate of drug-likeness (QED) is 0.795. The van der Waals surface area contributed by atoms with Crippen LogP contribution in [0.5, 0.6) is 0 Å². The minimum atomic E-state index is -0.227. The van der Waals surface area contributed by atoms with Crippen molar-refractivity contribution in [3.8, 4) is 0 Å². The van der Waals surface area contributed by atoms with E-state index in [0.717, 1.165) is 28.3 Å². The molecule has 1 N–H and O–H groups in total. The molecule has 0 radical (unpaired) electrons. The Labute approximate surface area is 98.5 Å². The lowest BCUT2D eigenvalue weighted by molar-refractivity contribution is 0.629. The summed E-state index contributed by atoms with van der Waals surface area (Å²) >= 11 is 1.58. The number of hydrogen-bond donors (Lipinski definition) is 1. The van der Waals surface area contributed by atoms with Crippen molar-refractivity contribution in [1.82, 2.24) is 4.98 Å². The average Bonchev–Trinajstić information content (AvgIpc) is 2.66. The third-order valence-electron chi connectivity index (χ3n) is 2.41. The number of halogens is 1. The zero-order valence-corrected chi connectivity index (χ0v) is 10.1. The fourth-order valence-corrected chi connectivity index (χ4v) is 2.42. The van der Waals surface area contributed by atoms with Crippen molar-refractivity contribution in [2.45, 2.75) is 26.2 Å². The molecule has 1 aromatic heterocycles. The molecule has 1 heterocycles. The molecule has 0 aliphatic heterocycles. The summed E-state index contributed by atoms with van der Waals surface area (Å²) in [5, 5.41) is 4.16. The summed E-state index contributed by atoms with van der Waals surface area (Å²) in [5.41, 5.74) is 0.739. The molecule has 0 spiro atoms. The van der Waals surface area contributed by atoms with Gasteiger partial charge in [0.2, 0.25) is 0 Å². The number of rotatable bonds is 5.